The number of rotatable bonds is 4. The molecule has 0 bridgehead atoms. The second kappa shape index (κ2) is 7.96. The number of anilines is 2. The Kier molecular flexibility index (Phi) is 5.44. The van der Waals surface area contributed by atoms with Crippen molar-refractivity contribution < 1.29 is 18.4 Å². The zero-order valence-electron chi connectivity index (χ0n) is 15.2. The zero-order chi connectivity index (χ0) is 20.3. The van der Waals surface area contributed by atoms with E-state index in [1.165, 1.54) is 24.4 Å². The Morgan fingerprint density at radius 2 is 1.57 bits per heavy atom. The quantitative estimate of drug-likeness (QED) is 0.700. The molecule has 0 aliphatic heterocycles. The third kappa shape index (κ3) is 4.20. The predicted octanol–water partition coefficient (Wildman–Crippen LogP) is 4.48. The maximum atomic E-state index is 13.7. The van der Waals surface area contributed by atoms with Crippen LogP contribution in [-0.4, -0.2) is 16.8 Å². The van der Waals surface area contributed by atoms with Crippen LogP contribution in [0.4, 0.5) is 20.2 Å². The smallest absolute Gasteiger partial charge is 0.274 e. The summed E-state index contributed by atoms with van der Waals surface area (Å²) in [4.78, 5) is 28.7. The van der Waals surface area contributed by atoms with Crippen molar-refractivity contribution in [2.45, 2.75) is 13.8 Å². The highest BCUT2D eigenvalue weighted by atomic mass is 19.1. The number of benzene rings is 2. The fraction of sp³-hybridized carbons (Fsp3) is 0.0952. The van der Waals surface area contributed by atoms with E-state index in [4.69, 9.17) is 0 Å². The van der Waals surface area contributed by atoms with Gasteiger partial charge in [-0.3, -0.25) is 14.6 Å². The number of carbonyl (C=O) groups is 2. The Labute approximate surface area is 160 Å². The number of para-hydroxylation sites is 1. The van der Waals surface area contributed by atoms with Crippen LogP contribution in [0, 0.1) is 25.5 Å². The molecule has 28 heavy (non-hydrogen) atoms. The van der Waals surface area contributed by atoms with Gasteiger partial charge in [-0.15, -0.1) is 0 Å². The van der Waals surface area contributed by atoms with Crippen LogP contribution >= 0.6 is 0 Å². The molecule has 1 aromatic heterocycles. The summed E-state index contributed by atoms with van der Waals surface area (Å²) < 4.78 is 27.4. The van der Waals surface area contributed by atoms with E-state index in [1.807, 2.05) is 26.0 Å². The lowest BCUT2D eigenvalue weighted by molar-refractivity contribution is 0.102. The van der Waals surface area contributed by atoms with Crippen LogP contribution in [0.15, 0.2) is 54.7 Å². The van der Waals surface area contributed by atoms with Crippen LogP contribution in [0.1, 0.15) is 32.0 Å². The van der Waals surface area contributed by atoms with E-state index in [-0.39, 0.29) is 11.3 Å². The highest BCUT2D eigenvalue weighted by Crippen LogP contribution is 2.19. The summed E-state index contributed by atoms with van der Waals surface area (Å²) in [5.41, 5.74) is 2.20. The molecule has 3 aromatic rings. The van der Waals surface area contributed by atoms with Gasteiger partial charge >= 0.3 is 0 Å². The van der Waals surface area contributed by atoms with Crippen LogP contribution < -0.4 is 10.6 Å². The Hall–Kier alpha value is -3.61. The number of nitrogens with one attached hydrogen (secondary N) is 2. The van der Waals surface area contributed by atoms with E-state index in [0.29, 0.717) is 5.69 Å². The molecule has 0 fully saturated rings. The van der Waals surface area contributed by atoms with Crippen molar-refractivity contribution in [3.05, 3.63) is 88.7 Å². The van der Waals surface area contributed by atoms with Crippen molar-refractivity contribution in [1.29, 1.82) is 0 Å². The van der Waals surface area contributed by atoms with Gasteiger partial charge in [0.05, 0.1) is 0 Å². The van der Waals surface area contributed by atoms with Crippen LogP contribution in [0.3, 0.4) is 0 Å². The normalized spacial score (nSPS) is 10.4. The summed E-state index contributed by atoms with van der Waals surface area (Å²) >= 11 is 0. The van der Waals surface area contributed by atoms with Gasteiger partial charge in [-0.05, 0) is 61.4 Å². The van der Waals surface area contributed by atoms with Crippen LogP contribution in [0.2, 0.25) is 0 Å². The second-order valence-electron chi connectivity index (χ2n) is 6.23. The Morgan fingerprint density at radius 3 is 2.25 bits per heavy atom. The molecule has 0 aliphatic carbocycles. The third-order valence-corrected chi connectivity index (χ3v) is 4.22. The van der Waals surface area contributed by atoms with E-state index < -0.39 is 29.1 Å². The Morgan fingerprint density at radius 1 is 0.857 bits per heavy atom. The van der Waals surface area contributed by atoms with Crippen molar-refractivity contribution >= 4 is 23.2 Å². The van der Waals surface area contributed by atoms with Gasteiger partial charge in [0.2, 0.25) is 0 Å². The van der Waals surface area contributed by atoms with Gasteiger partial charge in [0.1, 0.15) is 23.0 Å². The molecule has 0 atom stereocenters. The number of hydrogen-bond acceptors (Lipinski definition) is 3. The first kappa shape index (κ1) is 19.2. The number of carbonyl (C=O) groups excluding carboxylic acids is 2. The highest BCUT2D eigenvalue weighted by Gasteiger charge is 2.16. The number of aromatic nitrogens is 1. The molecule has 0 radical (unpaired) electrons. The molecule has 142 valence electrons. The first-order valence-corrected chi connectivity index (χ1v) is 8.45. The lowest BCUT2D eigenvalue weighted by Gasteiger charge is -2.09. The summed E-state index contributed by atoms with van der Waals surface area (Å²) in [7, 11) is 0. The van der Waals surface area contributed by atoms with Gasteiger partial charge in [0, 0.05) is 17.4 Å². The van der Waals surface area contributed by atoms with Crippen molar-refractivity contribution in [3.8, 4) is 0 Å². The van der Waals surface area contributed by atoms with Crippen LogP contribution in [0.25, 0.3) is 0 Å². The van der Waals surface area contributed by atoms with Crippen LogP contribution in [0.5, 0.6) is 0 Å². The van der Waals surface area contributed by atoms with Gasteiger partial charge in [0.15, 0.2) is 0 Å². The summed E-state index contributed by atoms with van der Waals surface area (Å²) in [5.74, 6) is -3.05. The minimum atomic E-state index is -0.893. The van der Waals surface area contributed by atoms with Gasteiger partial charge < -0.3 is 10.6 Å². The van der Waals surface area contributed by atoms with E-state index >= 15 is 0 Å². The number of nitrogens with zero attached hydrogens (tertiary/aromatic N) is 1. The highest BCUT2D eigenvalue weighted by molar-refractivity contribution is 6.07. The zero-order valence-corrected chi connectivity index (χ0v) is 15.2. The molecule has 2 amide bonds. The standard InChI is InChI=1S/C21H17F2N3O2/c1-12-6-7-15(10-13(12)2)25-21(28)18-11-14(8-9-24-18)20(27)26-19-16(22)4-3-5-17(19)23/h3-11H,1-2H3,(H,25,28)(H,26,27). The number of amides is 2. The van der Waals surface area contributed by atoms with Gasteiger partial charge in [-0.25, -0.2) is 8.78 Å². The third-order valence-electron chi connectivity index (χ3n) is 4.22. The molecule has 0 spiro atoms. The fourth-order valence-electron chi connectivity index (χ4n) is 2.51. The molecule has 0 unspecified atom stereocenters. The summed E-state index contributed by atoms with van der Waals surface area (Å²) in [6.45, 7) is 3.89. The number of aryl methyl sites for hydroxylation is 2. The largest absolute Gasteiger partial charge is 0.321 e. The van der Waals surface area contributed by atoms with Crippen molar-refractivity contribution in [1.82, 2.24) is 4.98 Å². The van der Waals surface area contributed by atoms with Gasteiger partial charge in [-0.1, -0.05) is 12.1 Å². The maximum Gasteiger partial charge on any atom is 0.274 e. The molecular formula is C21H17F2N3O2. The second-order valence-corrected chi connectivity index (χ2v) is 6.23. The molecule has 3 rings (SSSR count). The van der Waals surface area contributed by atoms with Gasteiger partial charge in [-0.2, -0.15) is 0 Å². The predicted molar refractivity (Wildman–Crippen MR) is 102 cm³/mol. The molecule has 7 heteroatoms. The summed E-state index contributed by atoms with van der Waals surface area (Å²) in [6, 6.07) is 11.3. The molecule has 0 saturated carbocycles. The topological polar surface area (TPSA) is 71.1 Å². The average Bonchev–Trinajstić information content (AvgIpc) is 2.67. The summed E-state index contributed by atoms with van der Waals surface area (Å²) in [6.07, 6.45) is 1.28. The van der Waals surface area contributed by atoms with Gasteiger partial charge in [0.25, 0.3) is 11.8 Å². The average molecular weight is 381 g/mol. The van der Waals surface area contributed by atoms with Crippen LogP contribution in [-0.2, 0) is 0 Å². The van der Waals surface area contributed by atoms with E-state index in [9.17, 15) is 18.4 Å². The molecule has 0 saturated heterocycles. The SMILES string of the molecule is Cc1ccc(NC(=O)c2cc(C(=O)Nc3c(F)cccc3F)ccn2)cc1C. The number of hydrogen-bond donors (Lipinski definition) is 2. The molecule has 2 aromatic carbocycles. The lowest BCUT2D eigenvalue weighted by Crippen LogP contribution is -2.18. The van der Waals surface area contributed by atoms with E-state index in [0.717, 1.165) is 23.3 Å². The Balaban J connectivity index is 1.78. The number of halogens is 2. The minimum absolute atomic E-state index is 0.000108. The fourth-order valence-corrected chi connectivity index (χ4v) is 2.51. The van der Waals surface area contributed by atoms with Crippen molar-refractivity contribution in [3.63, 3.8) is 0 Å². The monoisotopic (exact) mass is 381 g/mol. The summed E-state index contributed by atoms with van der Waals surface area (Å²) in [5, 5.41) is 4.88. The lowest BCUT2D eigenvalue weighted by atomic mass is 10.1. The first-order chi connectivity index (χ1) is 13.3. The minimum Gasteiger partial charge on any atom is -0.321 e. The maximum absolute atomic E-state index is 13.7. The Bertz CT molecular complexity index is 1050. The molecule has 5 nitrogen and oxygen atoms in total. The first-order valence-electron chi connectivity index (χ1n) is 8.45. The molecular weight excluding hydrogens is 364 g/mol. The number of pyridine rings is 1. The molecule has 2 N–H and O–H groups in total. The molecule has 0 aliphatic rings. The van der Waals surface area contributed by atoms with Crippen molar-refractivity contribution in [2.75, 3.05) is 10.6 Å². The molecule has 1 heterocycles. The van der Waals surface area contributed by atoms with E-state index in [1.54, 1.807) is 6.07 Å². The van der Waals surface area contributed by atoms with E-state index in [2.05, 4.69) is 15.6 Å². The van der Waals surface area contributed by atoms with Crippen molar-refractivity contribution in [2.24, 2.45) is 0 Å².